The molecule has 3 atom stereocenters. The van der Waals surface area contributed by atoms with Gasteiger partial charge >= 0.3 is 0 Å². The first-order chi connectivity index (χ1) is 6.11. The molecule has 0 amide bonds. The summed E-state index contributed by atoms with van der Waals surface area (Å²) >= 11 is 0. The first kappa shape index (κ1) is 9.01. The third-order valence-electron chi connectivity index (χ3n) is 3.85. The predicted octanol–water partition coefficient (Wildman–Crippen LogP) is 2.64. The molecule has 1 nitrogen and oxygen atoms in total. The molecule has 0 bridgehead atoms. The van der Waals surface area contributed by atoms with Crippen LogP contribution in [0.4, 0.5) is 0 Å². The van der Waals surface area contributed by atoms with Gasteiger partial charge in [0.2, 0.25) is 0 Å². The molecule has 2 aliphatic rings. The molecule has 0 saturated heterocycles. The lowest BCUT2D eigenvalue weighted by Crippen LogP contribution is -2.31. The van der Waals surface area contributed by atoms with E-state index in [2.05, 4.69) is 38.2 Å². The third-order valence-corrected chi connectivity index (χ3v) is 3.85. The number of hydrogen-bond acceptors (Lipinski definition) is 1. The Balaban J connectivity index is 2.11. The first-order valence-corrected chi connectivity index (χ1v) is 5.24. The van der Waals surface area contributed by atoms with E-state index in [0.717, 1.165) is 12.8 Å². The van der Waals surface area contributed by atoms with Gasteiger partial charge in [0, 0.05) is 5.54 Å². The van der Waals surface area contributed by atoms with E-state index in [1.54, 1.807) is 0 Å². The van der Waals surface area contributed by atoms with Crippen molar-refractivity contribution in [3.05, 3.63) is 24.3 Å². The smallest absolute Gasteiger partial charge is 0.0192 e. The average Bonchev–Trinajstić information content (AvgIpc) is 2.82. The lowest BCUT2D eigenvalue weighted by molar-refractivity contribution is 0.327. The molecule has 1 heteroatoms. The Kier molecular flexibility index (Phi) is 1.88. The Morgan fingerprint density at radius 3 is 2.69 bits per heavy atom. The van der Waals surface area contributed by atoms with E-state index >= 15 is 0 Å². The lowest BCUT2D eigenvalue weighted by Gasteiger charge is -2.28. The first-order valence-electron chi connectivity index (χ1n) is 5.24. The van der Waals surface area contributed by atoms with Crippen LogP contribution in [0, 0.1) is 11.3 Å². The molecule has 0 heterocycles. The van der Waals surface area contributed by atoms with Gasteiger partial charge in [0.15, 0.2) is 0 Å². The van der Waals surface area contributed by atoms with Crippen LogP contribution in [0.1, 0.15) is 33.1 Å². The van der Waals surface area contributed by atoms with Crippen LogP contribution < -0.4 is 5.73 Å². The average molecular weight is 177 g/mol. The van der Waals surface area contributed by atoms with Gasteiger partial charge in [-0.3, -0.25) is 0 Å². The molecule has 1 unspecified atom stereocenters. The van der Waals surface area contributed by atoms with Crippen LogP contribution in [0.25, 0.3) is 0 Å². The molecule has 0 spiro atoms. The SMILES string of the molecule is CC[C@@]1(N)C[C@H]1C1(C)C=CC=CC1. The fraction of sp³-hybridized carbons (Fsp3) is 0.667. The molecular weight excluding hydrogens is 158 g/mol. The molecule has 1 saturated carbocycles. The molecule has 2 aliphatic carbocycles. The maximum Gasteiger partial charge on any atom is 0.0192 e. The van der Waals surface area contributed by atoms with Gasteiger partial charge in [-0.2, -0.15) is 0 Å². The zero-order valence-electron chi connectivity index (χ0n) is 8.59. The summed E-state index contributed by atoms with van der Waals surface area (Å²) in [4.78, 5) is 0. The van der Waals surface area contributed by atoms with Gasteiger partial charge in [0.05, 0.1) is 0 Å². The van der Waals surface area contributed by atoms with Crippen molar-refractivity contribution in [2.75, 3.05) is 0 Å². The van der Waals surface area contributed by atoms with Crippen molar-refractivity contribution in [2.45, 2.75) is 38.6 Å². The highest BCUT2D eigenvalue weighted by atomic mass is 14.9. The molecule has 0 aromatic carbocycles. The van der Waals surface area contributed by atoms with Gasteiger partial charge in [0.25, 0.3) is 0 Å². The Labute approximate surface area is 80.7 Å². The summed E-state index contributed by atoms with van der Waals surface area (Å²) in [6, 6.07) is 0. The van der Waals surface area contributed by atoms with Gasteiger partial charge < -0.3 is 5.73 Å². The van der Waals surface area contributed by atoms with Gasteiger partial charge in [-0.1, -0.05) is 38.2 Å². The zero-order valence-corrected chi connectivity index (χ0v) is 8.59. The van der Waals surface area contributed by atoms with E-state index in [9.17, 15) is 0 Å². The molecule has 0 aromatic rings. The van der Waals surface area contributed by atoms with Gasteiger partial charge in [-0.15, -0.1) is 0 Å². The Morgan fingerprint density at radius 1 is 1.46 bits per heavy atom. The molecular formula is C12H19N. The second-order valence-corrected chi connectivity index (χ2v) is 4.84. The molecule has 2 N–H and O–H groups in total. The monoisotopic (exact) mass is 177 g/mol. The number of rotatable bonds is 2. The van der Waals surface area contributed by atoms with Crippen LogP contribution in [0.15, 0.2) is 24.3 Å². The largest absolute Gasteiger partial charge is 0.325 e. The standard InChI is InChI=1S/C12H19N/c1-3-12(13)9-10(12)11(2)7-5-4-6-8-11/h4-7,10H,3,8-9,13H2,1-2H3/t10-,11?,12+/m0/s1. The topological polar surface area (TPSA) is 26.0 Å². The molecule has 13 heavy (non-hydrogen) atoms. The molecule has 0 aromatic heterocycles. The highest BCUT2D eigenvalue weighted by Crippen LogP contribution is 2.57. The highest BCUT2D eigenvalue weighted by molar-refractivity contribution is 5.24. The van der Waals surface area contributed by atoms with Crippen molar-refractivity contribution in [2.24, 2.45) is 17.1 Å². The summed E-state index contributed by atoms with van der Waals surface area (Å²) in [6.07, 6.45) is 12.4. The summed E-state index contributed by atoms with van der Waals surface area (Å²) in [6.45, 7) is 4.54. The Hall–Kier alpha value is -0.560. The van der Waals surface area contributed by atoms with Crippen LogP contribution in [-0.4, -0.2) is 5.54 Å². The summed E-state index contributed by atoms with van der Waals surface area (Å²) in [5.74, 6) is 0.700. The summed E-state index contributed by atoms with van der Waals surface area (Å²) in [7, 11) is 0. The van der Waals surface area contributed by atoms with Crippen LogP contribution >= 0.6 is 0 Å². The number of allylic oxidation sites excluding steroid dienone is 4. The quantitative estimate of drug-likeness (QED) is 0.689. The summed E-state index contributed by atoms with van der Waals surface area (Å²) in [5.41, 5.74) is 6.72. The maximum absolute atomic E-state index is 6.25. The second kappa shape index (κ2) is 2.71. The molecule has 0 aliphatic heterocycles. The summed E-state index contributed by atoms with van der Waals surface area (Å²) < 4.78 is 0. The fourth-order valence-corrected chi connectivity index (χ4v) is 2.60. The van der Waals surface area contributed by atoms with Gasteiger partial charge in [-0.25, -0.2) is 0 Å². The minimum Gasteiger partial charge on any atom is -0.325 e. The van der Waals surface area contributed by atoms with E-state index in [0.29, 0.717) is 11.3 Å². The van der Waals surface area contributed by atoms with Crippen molar-refractivity contribution >= 4 is 0 Å². The van der Waals surface area contributed by atoms with Crippen molar-refractivity contribution in [3.63, 3.8) is 0 Å². The number of hydrogen-bond donors (Lipinski definition) is 1. The highest BCUT2D eigenvalue weighted by Gasteiger charge is 2.57. The predicted molar refractivity (Wildman–Crippen MR) is 56.3 cm³/mol. The third kappa shape index (κ3) is 1.35. The number of nitrogens with two attached hydrogens (primary N) is 1. The van der Waals surface area contributed by atoms with Crippen molar-refractivity contribution in [3.8, 4) is 0 Å². The van der Waals surface area contributed by atoms with Gasteiger partial charge in [-0.05, 0) is 30.6 Å². The molecule has 0 radical (unpaired) electrons. The zero-order chi connectivity index (χ0) is 9.53. The van der Waals surface area contributed by atoms with E-state index in [4.69, 9.17) is 5.73 Å². The minimum absolute atomic E-state index is 0.143. The van der Waals surface area contributed by atoms with Crippen LogP contribution in [0.3, 0.4) is 0 Å². The van der Waals surface area contributed by atoms with Crippen molar-refractivity contribution in [1.29, 1.82) is 0 Å². The molecule has 72 valence electrons. The minimum atomic E-state index is 0.143. The van der Waals surface area contributed by atoms with E-state index < -0.39 is 0 Å². The van der Waals surface area contributed by atoms with Crippen molar-refractivity contribution < 1.29 is 0 Å². The van der Waals surface area contributed by atoms with Crippen molar-refractivity contribution in [1.82, 2.24) is 0 Å². The van der Waals surface area contributed by atoms with Crippen LogP contribution in [0.2, 0.25) is 0 Å². The second-order valence-electron chi connectivity index (χ2n) is 4.84. The van der Waals surface area contributed by atoms with Gasteiger partial charge in [0.1, 0.15) is 0 Å². The van der Waals surface area contributed by atoms with Crippen LogP contribution in [0.5, 0.6) is 0 Å². The summed E-state index contributed by atoms with van der Waals surface area (Å²) in [5, 5.41) is 0. The van der Waals surface area contributed by atoms with E-state index in [1.165, 1.54) is 6.42 Å². The maximum atomic E-state index is 6.25. The Morgan fingerprint density at radius 2 is 2.23 bits per heavy atom. The van der Waals surface area contributed by atoms with E-state index in [1.807, 2.05) is 0 Å². The van der Waals surface area contributed by atoms with Crippen LogP contribution in [-0.2, 0) is 0 Å². The Bertz CT molecular complexity index is 266. The molecule has 2 rings (SSSR count). The van der Waals surface area contributed by atoms with E-state index in [-0.39, 0.29) is 5.54 Å². The lowest BCUT2D eigenvalue weighted by atomic mass is 9.77. The normalized spacial score (nSPS) is 48.1. The molecule has 1 fully saturated rings. The fourth-order valence-electron chi connectivity index (χ4n) is 2.60.